The topological polar surface area (TPSA) is 57.4 Å². The number of ether oxygens (including phenoxy) is 2. The SMILES string of the molecule is Bc1c(B)c(-c2cnc(N)c(Br)c2)c(B)c(OC(B)(B)B)c1OC. The second-order valence-electron chi connectivity index (χ2n) is 6.92. The van der Waals surface area contributed by atoms with Crippen molar-refractivity contribution in [2.24, 2.45) is 0 Å². The Bertz CT molecular complexity index is 797. The molecule has 118 valence electrons. The molecule has 2 N–H and O–H groups in total. The first kappa shape index (κ1) is 19.0. The minimum absolute atomic E-state index is 0.322. The predicted molar refractivity (Wildman–Crippen MR) is 122 cm³/mol. The third kappa shape index (κ3) is 3.66. The zero-order valence-corrected chi connectivity index (χ0v) is 17.0. The van der Waals surface area contributed by atoms with Crippen molar-refractivity contribution < 1.29 is 9.47 Å². The van der Waals surface area contributed by atoms with E-state index in [-0.39, 0.29) is 5.30 Å². The average molecular weight is 380 g/mol. The molecule has 4 nitrogen and oxygen atoms in total. The molecule has 11 heteroatoms. The molecule has 0 aliphatic carbocycles. The van der Waals surface area contributed by atoms with Crippen molar-refractivity contribution in [1.82, 2.24) is 4.98 Å². The van der Waals surface area contributed by atoms with Crippen LogP contribution in [0.4, 0.5) is 5.82 Å². The van der Waals surface area contributed by atoms with E-state index in [4.69, 9.17) is 15.2 Å². The highest BCUT2D eigenvalue weighted by Gasteiger charge is 2.23. The van der Waals surface area contributed by atoms with Crippen molar-refractivity contribution in [2.75, 3.05) is 12.8 Å². The molecule has 0 amide bonds. The Kier molecular flexibility index (Phi) is 5.43. The van der Waals surface area contributed by atoms with Gasteiger partial charge in [-0.2, -0.15) is 0 Å². The first-order chi connectivity index (χ1) is 11.1. The van der Waals surface area contributed by atoms with E-state index in [2.05, 4.69) is 36.6 Å². The lowest BCUT2D eigenvalue weighted by Crippen LogP contribution is -2.42. The summed E-state index contributed by atoms with van der Waals surface area (Å²) in [4.78, 5) is 4.27. The van der Waals surface area contributed by atoms with Crippen molar-refractivity contribution in [1.29, 1.82) is 0 Å². The van der Waals surface area contributed by atoms with Crippen LogP contribution in [0.15, 0.2) is 16.7 Å². The van der Waals surface area contributed by atoms with E-state index in [9.17, 15) is 0 Å². The summed E-state index contributed by atoms with van der Waals surface area (Å²) in [6.07, 6.45) is 1.79. The van der Waals surface area contributed by atoms with Gasteiger partial charge in [0.2, 0.25) is 0 Å². The van der Waals surface area contributed by atoms with Crippen molar-refractivity contribution in [3.63, 3.8) is 0 Å². The lowest BCUT2D eigenvalue weighted by Gasteiger charge is -2.28. The molecule has 1 aromatic heterocycles. The number of methoxy groups -OCH3 is 1. The fourth-order valence-electron chi connectivity index (χ4n) is 2.79. The van der Waals surface area contributed by atoms with E-state index < -0.39 is 0 Å². The lowest BCUT2D eigenvalue weighted by atomic mass is 9.52. The fourth-order valence-corrected chi connectivity index (χ4v) is 3.14. The third-order valence-corrected chi connectivity index (χ3v) is 4.61. The molecule has 2 aromatic rings. The highest BCUT2D eigenvalue weighted by Crippen LogP contribution is 2.29. The Morgan fingerprint density at radius 1 is 1.08 bits per heavy atom. The maximum atomic E-state index is 6.22. The average Bonchev–Trinajstić information content (AvgIpc) is 2.48. The van der Waals surface area contributed by atoms with E-state index in [1.54, 1.807) is 13.3 Å². The number of aromatic nitrogens is 1. The van der Waals surface area contributed by atoms with Crippen molar-refractivity contribution >= 4 is 85.2 Å². The Morgan fingerprint density at radius 2 is 1.71 bits per heavy atom. The second kappa shape index (κ2) is 6.87. The van der Waals surface area contributed by atoms with Gasteiger partial charge in [0.25, 0.3) is 0 Å². The van der Waals surface area contributed by atoms with Crippen molar-refractivity contribution in [3.8, 4) is 22.6 Å². The van der Waals surface area contributed by atoms with E-state index in [0.717, 1.165) is 43.5 Å². The molecule has 0 aliphatic rings. The summed E-state index contributed by atoms with van der Waals surface area (Å²) in [6, 6.07) is 1.99. The van der Waals surface area contributed by atoms with Gasteiger partial charge in [0.1, 0.15) is 52.9 Å². The zero-order chi connectivity index (χ0) is 18.2. The van der Waals surface area contributed by atoms with Crippen LogP contribution in [0.5, 0.6) is 11.5 Å². The first-order valence-electron chi connectivity index (χ1n) is 7.85. The lowest BCUT2D eigenvalue weighted by molar-refractivity contribution is 0.298. The normalized spacial score (nSPS) is 11.2. The monoisotopic (exact) mass is 380 g/mol. The van der Waals surface area contributed by atoms with Crippen LogP contribution < -0.4 is 31.6 Å². The van der Waals surface area contributed by atoms with Crippen LogP contribution in [0.2, 0.25) is 0 Å². The van der Waals surface area contributed by atoms with E-state index in [1.165, 1.54) is 0 Å². The summed E-state index contributed by atoms with van der Waals surface area (Å²) in [5, 5.41) is -0.322. The summed E-state index contributed by atoms with van der Waals surface area (Å²) in [7, 11) is 14.0. The number of hydrogen-bond donors (Lipinski definition) is 1. The Labute approximate surface area is 157 Å². The van der Waals surface area contributed by atoms with Crippen LogP contribution >= 0.6 is 15.9 Å². The smallest absolute Gasteiger partial charge is 0.153 e. The molecule has 0 fully saturated rings. The van der Waals surface area contributed by atoms with Gasteiger partial charge in [0.05, 0.1) is 11.6 Å². The molecule has 0 radical (unpaired) electrons. The number of nitrogen functional groups attached to an aromatic ring is 1. The largest absolute Gasteiger partial charge is 0.511 e. The van der Waals surface area contributed by atoms with Crippen LogP contribution in [-0.2, 0) is 0 Å². The zero-order valence-electron chi connectivity index (χ0n) is 15.4. The van der Waals surface area contributed by atoms with Crippen LogP contribution in [0.25, 0.3) is 11.1 Å². The van der Waals surface area contributed by atoms with Gasteiger partial charge in [0.15, 0.2) is 11.5 Å². The highest BCUT2D eigenvalue weighted by molar-refractivity contribution is 9.10. The molecule has 24 heavy (non-hydrogen) atoms. The molecule has 0 unspecified atom stereocenters. The molecule has 0 spiro atoms. The highest BCUT2D eigenvalue weighted by atomic mass is 79.9. The maximum absolute atomic E-state index is 6.22. The van der Waals surface area contributed by atoms with E-state index in [1.807, 2.05) is 37.5 Å². The molecule has 0 aliphatic heterocycles. The van der Waals surface area contributed by atoms with Crippen molar-refractivity contribution in [2.45, 2.75) is 5.30 Å². The molecule has 1 heterocycles. The number of nitrogens with zero attached hydrogens (tertiary/aromatic N) is 1. The standard InChI is InChI=1S/C13H19B6BrN2O2/c1-23-10-9(16)7(14)6(4-2-5(20)12(21)22-3-4)8(15)11(10)24-13(17,18)19/h2-3H,14-19H2,1H3,(H2,21,22). The van der Waals surface area contributed by atoms with Gasteiger partial charge in [-0.15, -0.1) is 0 Å². The first-order valence-corrected chi connectivity index (χ1v) is 8.64. The molecule has 2 rings (SSSR count). The number of pyridine rings is 1. The van der Waals surface area contributed by atoms with Gasteiger partial charge in [-0.1, -0.05) is 5.46 Å². The summed E-state index contributed by atoms with van der Waals surface area (Å²) >= 11 is 3.46. The minimum atomic E-state index is -0.322. The second-order valence-corrected chi connectivity index (χ2v) is 7.77. The van der Waals surface area contributed by atoms with E-state index in [0.29, 0.717) is 5.82 Å². The Balaban J connectivity index is 2.79. The third-order valence-electron chi connectivity index (χ3n) is 3.97. The van der Waals surface area contributed by atoms with Gasteiger partial charge in [-0.3, -0.25) is 0 Å². The number of rotatable bonds is 4. The Morgan fingerprint density at radius 3 is 2.21 bits per heavy atom. The van der Waals surface area contributed by atoms with Gasteiger partial charge in [-0.25, -0.2) is 4.98 Å². The fraction of sp³-hybridized carbons (Fsp3) is 0.154. The maximum Gasteiger partial charge on any atom is 0.153 e. The number of hydrogen-bond acceptors (Lipinski definition) is 4. The van der Waals surface area contributed by atoms with Crippen LogP contribution in [0, 0.1) is 0 Å². The molecular formula is C13H19B6BrN2O2. The van der Waals surface area contributed by atoms with Gasteiger partial charge < -0.3 is 15.2 Å². The molecule has 0 bridgehead atoms. The van der Waals surface area contributed by atoms with Gasteiger partial charge in [0, 0.05) is 17.1 Å². The van der Waals surface area contributed by atoms with Crippen LogP contribution in [0.1, 0.15) is 0 Å². The number of nitrogens with two attached hydrogens (primary N) is 1. The molecular weight excluding hydrogens is 361 g/mol. The Hall–Kier alpha value is -1.36. The number of anilines is 1. The van der Waals surface area contributed by atoms with Gasteiger partial charge >= 0.3 is 0 Å². The summed E-state index contributed by atoms with van der Waals surface area (Å²) in [5.41, 5.74) is 11.2. The number of halogens is 1. The molecule has 1 aromatic carbocycles. The van der Waals surface area contributed by atoms with E-state index >= 15 is 0 Å². The van der Waals surface area contributed by atoms with Crippen LogP contribution in [0.3, 0.4) is 0 Å². The predicted octanol–water partition coefficient (Wildman–Crippen LogP) is -5.23. The minimum Gasteiger partial charge on any atom is -0.511 e. The van der Waals surface area contributed by atoms with Crippen LogP contribution in [-0.4, -0.2) is 64.5 Å². The quantitative estimate of drug-likeness (QED) is 0.539. The molecule has 0 saturated heterocycles. The summed E-state index contributed by atoms with van der Waals surface area (Å²) in [5.74, 6) is 2.03. The van der Waals surface area contributed by atoms with Gasteiger partial charge in [-0.05, 0) is 38.5 Å². The summed E-state index contributed by atoms with van der Waals surface area (Å²) in [6.45, 7) is 0. The van der Waals surface area contributed by atoms with Crippen molar-refractivity contribution in [3.05, 3.63) is 16.7 Å². The number of benzene rings is 1. The molecule has 0 atom stereocenters. The molecule has 0 saturated carbocycles. The summed E-state index contributed by atoms with van der Waals surface area (Å²) < 4.78 is 12.7.